The number of hydrogen-bond acceptors (Lipinski definition) is 2. The van der Waals surface area contributed by atoms with E-state index < -0.39 is 0 Å². The van der Waals surface area contributed by atoms with Gasteiger partial charge in [0.15, 0.2) is 0 Å². The summed E-state index contributed by atoms with van der Waals surface area (Å²) in [5, 5.41) is 3.35. The van der Waals surface area contributed by atoms with Crippen LogP contribution in [-0.2, 0) is 0 Å². The molecule has 1 aromatic rings. The summed E-state index contributed by atoms with van der Waals surface area (Å²) in [4.78, 5) is 4.38. The first-order valence-electron chi connectivity index (χ1n) is 5.29. The average Bonchev–Trinajstić information content (AvgIpc) is 2.12. The normalized spacial score (nSPS) is 12.9. The van der Waals surface area contributed by atoms with Crippen LogP contribution < -0.4 is 5.32 Å². The molecule has 0 aliphatic heterocycles. The summed E-state index contributed by atoms with van der Waals surface area (Å²) in [6, 6.07) is 4.81. The third-order valence-corrected chi connectivity index (χ3v) is 2.43. The molecule has 0 fully saturated rings. The molecule has 1 N–H and O–H groups in total. The molecule has 0 aromatic carbocycles. The maximum Gasteiger partial charge on any atom is 0.0379 e. The maximum absolute atomic E-state index is 4.38. The van der Waals surface area contributed by atoms with Crippen LogP contribution in [0.5, 0.6) is 0 Å². The van der Waals surface area contributed by atoms with Gasteiger partial charge in [0, 0.05) is 17.4 Å². The highest BCUT2D eigenvalue weighted by atomic mass is 14.9. The Morgan fingerprint density at radius 1 is 1.29 bits per heavy atom. The van der Waals surface area contributed by atoms with E-state index in [1.165, 1.54) is 18.4 Å². The SMILES string of the molecule is CCCC(NC)c1cc(C)nc(C)c1. The lowest BCUT2D eigenvalue weighted by Crippen LogP contribution is -2.16. The topological polar surface area (TPSA) is 24.9 Å². The molecule has 0 spiro atoms. The number of nitrogens with one attached hydrogen (secondary N) is 1. The first kappa shape index (κ1) is 11.2. The van der Waals surface area contributed by atoms with Crippen molar-refractivity contribution in [1.82, 2.24) is 10.3 Å². The summed E-state index contributed by atoms with van der Waals surface area (Å²) in [5.74, 6) is 0. The van der Waals surface area contributed by atoms with Crippen LogP contribution in [0.1, 0.15) is 42.8 Å². The number of pyridine rings is 1. The molecular weight excluding hydrogens is 172 g/mol. The van der Waals surface area contributed by atoms with Gasteiger partial charge in [0.1, 0.15) is 0 Å². The quantitative estimate of drug-likeness (QED) is 0.793. The van der Waals surface area contributed by atoms with Gasteiger partial charge in [-0.05, 0) is 45.0 Å². The highest BCUT2D eigenvalue weighted by molar-refractivity contribution is 5.23. The molecule has 78 valence electrons. The Bertz CT molecular complexity index is 274. The molecule has 0 bridgehead atoms. The molecule has 1 aromatic heterocycles. The van der Waals surface area contributed by atoms with Crippen molar-refractivity contribution in [3.05, 3.63) is 29.1 Å². The number of rotatable bonds is 4. The van der Waals surface area contributed by atoms with Crippen LogP contribution >= 0.6 is 0 Å². The van der Waals surface area contributed by atoms with E-state index in [-0.39, 0.29) is 0 Å². The molecular formula is C12H20N2. The summed E-state index contributed by atoms with van der Waals surface area (Å²) >= 11 is 0. The second kappa shape index (κ2) is 5.11. The number of hydrogen-bond donors (Lipinski definition) is 1. The number of aryl methyl sites for hydroxylation is 2. The van der Waals surface area contributed by atoms with E-state index in [0.717, 1.165) is 11.4 Å². The Morgan fingerprint density at radius 3 is 2.29 bits per heavy atom. The third kappa shape index (κ3) is 2.81. The molecule has 0 saturated carbocycles. The summed E-state index contributed by atoms with van der Waals surface area (Å²) in [6.07, 6.45) is 2.38. The fourth-order valence-electron chi connectivity index (χ4n) is 1.83. The lowest BCUT2D eigenvalue weighted by atomic mass is 10.0. The smallest absolute Gasteiger partial charge is 0.0379 e. The number of nitrogens with zero attached hydrogens (tertiary/aromatic N) is 1. The van der Waals surface area contributed by atoms with E-state index in [2.05, 4.69) is 43.2 Å². The van der Waals surface area contributed by atoms with Gasteiger partial charge in [-0.15, -0.1) is 0 Å². The van der Waals surface area contributed by atoms with E-state index >= 15 is 0 Å². The minimum absolute atomic E-state index is 0.473. The van der Waals surface area contributed by atoms with Crippen molar-refractivity contribution in [2.75, 3.05) is 7.05 Å². The van der Waals surface area contributed by atoms with Gasteiger partial charge in [-0.2, -0.15) is 0 Å². The van der Waals surface area contributed by atoms with E-state index in [1.807, 2.05) is 7.05 Å². The van der Waals surface area contributed by atoms with Gasteiger partial charge in [0.25, 0.3) is 0 Å². The summed E-state index contributed by atoms with van der Waals surface area (Å²) < 4.78 is 0. The van der Waals surface area contributed by atoms with Crippen molar-refractivity contribution in [2.24, 2.45) is 0 Å². The Kier molecular flexibility index (Phi) is 4.08. The van der Waals surface area contributed by atoms with E-state index in [4.69, 9.17) is 0 Å². The molecule has 14 heavy (non-hydrogen) atoms. The highest BCUT2D eigenvalue weighted by Gasteiger charge is 2.08. The third-order valence-electron chi connectivity index (χ3n) is 2.43. The van der Waals surface area contributed by atoms with Gasteiger partial charge in [-0.25, -0.2) is 0 Å². The molecule has 0 saturated heterocycles. The Morgan fingerprint density at radius 2 is 1.86 bits per heavy atom. The van der Waals surface area contributed by atoms with Gasteiger partial charge in [-0.3, -0.25) is 4.98 Å². The molecule has 1 rings (SSSR count). The van der Waals surface area contributed by atoms with Gasteiger partial charge >= 0.3 is 0 Å². The lowest BCUT2D eigenvalue weighted by Gasteiger charge is -2.16. The van der Waals surface area contributed by atoms with Crippen LogP contribution in [0.25, 0.3) is 0 Å². The van der Waals surface area contributed by atoms with Gasteiger partial charge < -0.3 is 5.32 Å². The molecule has 2 heteroatoms. The predicted molar refractivity (Wildman–Crippen MR) is 60.4 cm³/mol. The van der Waals surface area contributed by atoms with Crippen LogP contribution in [-0.4, -0.2) is 12.0 Å². The van der Waals surface area contributed by atoms with Crippen molar-refractivity contribution in [1.29, 1.82) is 0 Å². The Labute approximate surface area is 86.8 Å². The van der Waals surface area contributed by atoms with E-state index in [1.54, 1.807) is 0 Å². The predicted octanol–water partition coefficient (Wildman–Crippen LogP) is 2.76. The average molecular weight is 192 g/mol. The molecule has 1 heterocycles. The van der Waals surface area contributed by atoms with E-state index in [9.17, 15) is 0 Å². The zero-order valence-corrected chi connectivity index (χ0v) is 9.59. The minimum atomic E-state index is 0.473. The molecule has 1 atom stereocenters. The maximum atomic E-state index is 4.38. The van der Waals surface area contributed by atoms with Gasteiger partial charge in [-0.1, -0.05) is 13.3 Å². The second-order valence-electron chi connectivity index (χ2n) is 3.81. The Hall–Kier alpha value is -0.890. The first-order valence-corrected chi connectivity index (χ1v) is 5.29. The summed E-state index contributed by atoms with van der Waals surface area (Å²) in [5.41, 5.74) is 3.58. The zero-order chi connectivity index (χ0) is 10.6. The summed E-state index contributed by atoms with van der Waals surface area (Å²) in [7, 11) is 2.02. The molecule has 0 amide bonds. The van der Waals surface area contributed by atoms with Crippen molar-refractivity contribution in [3.63, 3.8) is 0 Å². The summed E-state index contributed by atoms with van der Waals surface area (Å²) in [6.45, 7) is 6.32. The highest BCUT2D eigenvalue weighted by Crippen LogP contribution is 2.19. The largest absolute Gasteiger partial charge is 0.313 e. The van der Waals surface area contributed by atoms with Crippen LogP contribution in [0.4, 0.5) is 0 Å². The monoisotopic (exact) mass is 192 g/mol. The molecule has 0 radical (unpaired) electrons. The van der Waals surface area contributed by atoms with Gasteiger partial charge in [0.2, 0.25) is 0 Å². The van der Waals surface area contributed by atoms with Crippen molar-refractivity contribution >= 4 is 0 Å². The van der Waals surface area contributed by atoms with E-state index in [0.29, 0.717) is 6.04 Å². The first-order chi connectivity index (χ1) is 6.67. The standard InChI is InChI=1S/C12H20N2/c1-5-6-12(13-4)11-7-9(2)14-10(3)8-11/h7-8,12-13H,5-6H2,1-4H3. The van der Waals surface area contributed by atoms with Crippen molar-refractivity contribution in [3.8, 4) is 0 Å². The molecule has 1 unspecified atom stereocenters. The van der Waals surface area contributed by atoms with Crippen LogP contribution in [0.2, 0.25) is 0 Å². The van der Waals surface area contributed by atoms with Crippen LogP contribution in [0, 0.1) is 13.8 Å². The van der Waals surface area contributed by atoms with Crippen molar-refractivity contribution < 1.29 is 0 Å². The fraction of sp³-hybridized carbons (Fsp3) is 0.583. The van der Waals surface area contributed by atoms with Gasteiger partial charge in [0.05, 0.1) is 0 Å². The lowest BCUT2D eigenvalue weighted by molar-refractivity contribution is 0.540. The zero-order valence-electron chi connectivity index (χ0n) is 9.59. The molecule has 0 aliphatic carbocycles. The van der Waals surface area contributed by atoms with Crippen molar-refractivity contribution in [2.45, 2.75) is 39.7 Å². The number of aromatic nitrogens is 1. The molecule has 2 nitrogen and oxygen atoms in total. The van der Waals surface area contributed by atoms with Crippen LogP contribution in [0.3, 0.4) is 0 Å². The van der Waals surface area contributed by atoms with Crippen LogP contribution in [0.15, 0.2) is 12.1 Å². The second-order valence-corrected chi connectivity index (χ2v) is 3.81. The fourth-order valence-corrected chi connectivity index (χ4v) is 1.83. The Balaban J connectivity index is 2.91. The molecule has 0 aliphatic rings. The minimum Gasteiger partial charge on any atom is -0.313 e.